The van der Waals surface area contributed by atoms with Crippen LogP contribution in [0.4, 0.5) is 0 Å². The number of aromatic nitrogens is 4. The van der Waals surface area contributed by atoms with Crippen molar-refractivity contribution in [3.05, 3.63) is 52.5 Å². The molecule has 3 rings (SSSR count). The van der Waals surface area contributed by atoms with Crippen molar-refractivity contribution < 1.29 is 4.52 Å². The third kappa shape index (κ3) is 2.27. The molecular weight excluding hydrogens is 270 g/mol. The first-order valence-corrected chi connectivity index (χ1v) is 6.48. The lowest BCUT2D eigenvalue weighted by Crippen LogP contribution is -2.21. The second-order valence-corrected chi connectivity index (χ2v) is 4.76. The minimum Gasteiger partial charge on any atom is -0.338 e. The molecule has 0 aliphatic heterocycles. The molecule has 0 aliphatic carbocycles. The third-order valence-corrected chi connectivity index (χ3v) is 3.25. The van der Waals surface area contributed by atoms with Gasteiger partial charge in [0.25, 0.3) is 0 Å². The van der Waals surface area contributed by atoms with Crippen molar-refractivity contribution in [3.8, 4) is 17.1 Å². The second-order valence-electron chi connectivity index (χ2n) is 4.76. The molecule has 1 aromatic carbocycles. The number of rotatable bonds is 3. The average Bonchev–Trinajstić information content (AvgIpc) is 3.05. The summed E-state index contributed by atoms with van der Waals surface area (Å²) in [5, 5.41) is 3.86. The molecule has 0 amide bonds. The van der Waals surface area contributed by atoms with Gasteiger partial charge in [0, 0.05) is 24.5 Å². The lowest BCUT2D eigenvalue weighted by molar-refractivity contribution is 0.380. The number of hydrogen-bond donors (Lipinski definition) is 1. The number of nitrogens with two attached hydrogens (primary N) is 1. The van der Waals surface area contributed by atoms with Gasteiger partial charge < -0.3 is 14.8 Å². The monoisotopic (exact) mass is 285 g/mol. The van der Waals surface area contributed by atoms with E-state index in [1.54, 1.807) is 22.4 Å². The Kier molecular flexibility index (Phi) is 3.19. The first-order valence-electron chi connectivity index (χ1n) is 6.48. The Morgan fingerprint density at radius 2 is 2.00 bits per heavy atom. The number of benzene rings is 1. The first kappa shape index (κ1) is 13.3. The van der Waals surface area contributed by atoms with Crippen molar-refractivity contribution in [1.82, 2.24) is 19.3 Å². The molecule has 2 N–H and O–H groups in total. The summed E-state index contributed by atoms with van der Waals surface area (Å²) in [6, 6.07) is 7.39. The van der Waals surface area contributed by atoms with Crippen LogP contribution in [0.5, 0.6) is 0 Å². The fourth-order valence-electron chi connectivity index (χ4n) is 2.23. The molecule has 0 radical (unpaired) electrons. The fraction of sp³-hybridized carbons (Fsp3) is 0.214. The highest BCUT2D eigenvalue weighted by atomic mass is 16.5. The Balaban J connectivity index is 1.99. The molecule has 3 aromatic rings. The Morgan fingerprint density at radius 1 is 1.29 bits per heavy atom. The highest BCUT2D eigenvalue weighted by Gasteiger charge is 2.10. The number of hydrogen-bond acceptors (Lipinski definition) is 5. The van der Waals surface area contributed by atoms with Crippen molar-refractivity contribution >= 4 is 0 Å². The smallest absolute Gasteiger partial charge is 0.332 e. The van der Waals surface area contributed by atoms with Gasteiger partial charge in [-0.2, -0.15) is 4.98 Å². The summed E-state index contributed by atoms with van der Waals surface area (Å²) in [5.74, 6) is 0.878. The van der Waals surface area contributed by atoms with Crippen molar-refractivity contribution in [2.24, 2.45) is 12.8 Å². The van der Waals surface area contributed by atoms with Crippen LogP contribution < -0.4 is 11.4 Å². The number of nitrogens with zero attached hydrogens (tertiary/aromatic N) is 4. The van der Waals surface area contributed by atoms with E-state index in [-0.39, 0.29) is 12.2 Å². The van der Waals surface area contributed by atoms with E-state index in [0.29, 0.717) is 11.7 Å². The second kappa shape index (κ2) is 5.02. The van der Waals surface area contributed by atoms with Crippen LogP contribution in [0.1, 0.15) is 11.6 Å². The van der Waals surface area contributed by atoms with E-state index in [2.05, 4.69) is 10.1 Å². The minimum atomic E-state index is -0.0785. The third-order valence-electron chi connectivity index (χ3n) is 3.25. The van der Waals surface area contributed by atoms with Gasteiger partial charge in [-0.25, -0.2) is 4.79 Å². The Morgan fingerprint density at radius 3 is 2.52 bits per heavy atom. The number of imidazole rings is 1. The van der Waals surface area contributed by atoms with Gasteiger partial charge >= 0.3 is 5.69 Å². The maximum Gasteiger partial charge on any atom is 0.332 e. The van der Waals surface area contributed by atoms with Gasteiger partial charge in [-0.15, -0.1) is 0 Å². The van der Waals surface area contributed by atoms with E-state index >= 15 is 0 Å². The molecule has 7 nitrogen and oxygen atoms in total. The topological polar surface area (TPSA) is 91.9 Å². The van der Waals surface area contributed by atoms with Gasteiger partial charge in [0.2, 0.25) is 11.7 Å². The molecule has 0 spiro atoms. The molecule has 21 heavy (non-hydrogen) atoms. The molecule has 0 saturated heterocycles. The summed E-state index contributed by atoms with van der Waals surface area (Å²) in [6.07, 6.45) is 1.79. The predicted octanol–water partition coefficient (Wildman–Crippen LogP) is 0.993. The van der Waals surface area contributed by atoms with Crippen LogP contribution in [-0.2, 0) is 13.6 Å². The molecule has 0 fully saturated rings. The lowest BCUT2D eigenvalue weighted by Gasteiger charge is -2.04. The lowest BCUT2D eigenvalue weighted by atomic mass is 10.2. The van der Waals surface area contributed by atoms with E-state index in [1.807, 2.05) is 31.2 Å². The highest BCUT2D eigenvalue weighted by molar-refractivity contribution is 5.56. The van der Waals surface area contributed by atoms with Gasteiger partial charge in [0.15, 0.2) is 0 Å². The Bertz CT molecular complexity index is 826. The molecular formula is C14H15N5O2. The molecule has 0 unspecified atom stereocenters. The predicted molar refractivity (Wildman–Crippen MR) is 76.9 cm³/mol. The summed E-state index contributed by atoms with van der Waals surface area (Å²) in [5.41, 5.74) is 7.84. The molecule has 0 atom stereocenters. The van der Waals surface area contributed by atoms with Crippen molar-refractivity contribution in [2.45, 2.75) is 13.5 Å². The van der Waals surface area contributed by atoms with Crippen LogP contribution in [0, 0.1) is 6.92 Å². The Hall–Kier alpha value is -2.67. The van der Waals surface area contributed by atoms with E-state index in [4.69, 9.17) is 10.3 Å². The zero-order valence-corrected chi connectivity index (χ0v) is 11.8. The Labute approximate surface area is 120 Å². The molecule has 0 saturated carbocycles. The molecule has 0 aliphatic rings. The van der Waals surface area contributed by atoms with E-state index in [0.717, 1.165) is 16.9 Å². The zero-order chi connectivity index (χ0) is 15.0. The molecule has 2 heterocycles. The SMILES string of the molecule is Cc1cn(C)c(=O)n1-c1ccc(-c2noc(CN)n2)cc1. The van der Waals surface area contributed by atoms with Gasteiger partial charge in [-0.05, 0) is 31.2 Å². The average molecular weight is 285 g/mol. The van der Waals surface area contributed by atoms with Crippen LogP contribution in [0.25, 0.3) is 17.1 Å². The van der Waals surface area contributed by atoms with Gasteiger partial charge in [0.1, 0.15) is 0 Å². The number of aryl methyl sites for hydroxylation is 2. The quantitative estimate of drug-likeness (QED) is 0.775. The van der Waals surface area contributed by atoms with Gasteiger partial charge in [0.05, 0.1) is 12.2 Å². The summed E-state index contributed by atoms with van der Waals surface area (Å²) in [7, 11) is 1.73. The van der Waals surface area contributed by atoms with Crippen LogP contribution in [0.15, 0.2) is 39.8 Å². The first-order chi connectivity index (χ1) is 10.1. The van der Waals surface area contributed by atoms with E-state index < -0.39 is 0 Å². The van der Waals surface area contributed by atoms with E-state index in [9.17, 15) is 4.79 Å². The minimum absolute atomic E-state index is 0.0785. The van der Waals surface area contributed by atoms with Gasteiger partial charge in [-0.3, -0.25) is 4.57 Å². The van der Waals surface area contributed by atoms with E-state index in [1.165, 1.54) is 0 Å². The normalized spacial score (nSPS) is 11.0. The van der Waals surface area contributed by atoms with Crippen LogP contribution in [0.3, 0.4) is 0 Å². The fourth-order valence-corrected chi connectivity index (χ4v) is 2.23. The molecule has 7 heteroatoms. The van der Waals surface area contributed by atoms with Crippen LogP contribution in [-0.4, -0.2) is 19.3 Å². The summed E-state index contributed by atoms with van der Waals surface area (Å²) in [4.78, 5) is 16.2. The van der Waals surface area contributed by atoms with Crippen LogP contribution in [0.2, 0.25) is 0 Å². The van der Waals surface area contributed by atoms with Crippen molar-refractivity contribution in [3.63, 3.8) is 0 Å². The van der Waals surface area contributed by atoms with Crippen molar-refractivity contribution in [1.29, 1.82) is 0 Å². The zero-order valence-electron chi connectivity index (χ0n) is 11.8. The molecule has 0 bridgehead atoms. The van der Waals surface area contributed by atoms with Gasteiger partial charge in [-0.1, -0.05) is 5.16 Å². The molecule has 108 valence electrons. The van der Waals surface area contributed by atoms with Crippen molar-refractivity contribution in [2.75, 3.05) is 0 Å². The standard InChI is InChI=1S/C14H15N5O2/c1-9-8-18(2)14(20)19(9)11-5-3-10(4-6-11)13-16-12(7-15)21-17-13/h3-6,8H,7,15H2,1-2H3. The van der Waals surface area contributed by atoms with Crippen LogP contribution >= 0.6 is 0 Å². The summed E-state index contributed by atoms with van der Waals surface area (Å²) >= 11 is 0. The largest absolute Gasteiger partial charge is 0.338 e. The highest BCUT2D eigenvalue weighted by Crippen LogP contribution is 2.18. The maximum absolute atomic E-state index is 12.1. The summed E-state index contributed by atoms with van der Waals surface area (Å²) < 4.78 is 8.18. The molecule has 2 aromatic heterocycles. The maximum atomic E-state index is 12.1. The summed E-state index contributed by atoms with van der Waals surface area (Å²) in [6.45, 7) is 2.10.